The maximum atomic E-state index is 13.0. The van der Waals surface area contributed by atoms with E-state index < -0.39 is 17.2 Å². The summed E-state index contributed by atoms with van der Waals surface area (Å²) in [4.78, 5) is 33.1. The number of hydrogen-bond donors (Lipinski definition) is 0. The molecule has 9 heteroatoms. The molecule has 1 aromatic carbocycles. The fraction of sp³-hybridized carbons (Fsp3) is 0.455. The number of aryl methyl sites for hydroxylation is 1. The van der Waals surface area contributed by atoms with Crippen molar-refractivity contribution in [3.63, 3.8) is 0 Å². The molecule has 0 unspecified atom stereocenters. The minimum Gasteiger partial charge on any atom is -0.423 e. The smallest absolute Gasteiger partial charge is 0.341 e. The lowest BCUT2D eigenvalue weighted by molar-refractivity contribution is -0.766. The summed E-state index contributed by atoms with van der Waals surface area (Å²) in [5, 5.41) is 10.7. The van der Waals surface area contributed by atoms with E-state index in [1.807, 2.05) is 12.1 Å². The molecular formula is C22H23ClN2O6. The number of esters is 1. The molecule has 0 amide bonds. The molecule has 8 nitrogen and oxygen atoms in total. The molecule has 2 heterocycles. The molecule has 0 radical (unpaired) electrons. The largest absolute Gasteiger partial charge is 0.423 e. The van der Waals surface area contributed by atoms with E-state index in [1.165, 1.54) is 0 Å². The summed E-state index contributed by atoms with van der Waals surface area (Å²) < 4.78 is 11.6. The fourth-order valence-electron chi connectivity index (χ4n) is 4.34. The Kier molecular flexibility index (Phi) is 6.38. The Morgan fingerprint density at radius 1 is 1.26 bits per heavy atom. The van der Waals surface area contributed by atoms with Gasteiger partial charge < -0.3 is 9.47 Å². The van der Waals surface area contributed by atoms with Crippen molar-refractivity contribution in [2.75, 3.05) is 0 Å². The van der Waals surface area contributed by atoms with Crippen LogP contribution < -0.4 is 4.74 Å². The maximum Gasteiger partial charge on any atom is 0.341 e. The zero-order chi connectivity index (χ0) is 22.0. The monoisotopic (exact) mass is 446 g/mol. The van der Waals surface area contributed by atoms with Gasteiger partial charge in [-0.15, -0.1) is 10.1 Å². The molecule has 1 aromatic heterocycles. The third-order valence-corrected chi connectivity index (χ3v) is 6.16. The van der Waals surface area contributed by atoms with Crippen LogP contribution in [0.2, 0.25) is 5.02 Å². The molecule has 0 spiro atoms. The SMILES string of the molecule is Cc1ncc2c(c1OC(=O)[C@@H](O[N+](=O)[O-])C1CCCCC1)CO[C@H]2c1ccc(Cl)cc1. The molecule has 0 saturated heterocycles. The van der Waals surface area contributed by atoms with Crippen molar-refractivity contribution in [2.45, 2.75) is 57.8 Å². The van der Waals surface area contributed by atoms with Crippen LogP contribution in [0.25, 0.3) is 0 Å². The average molecular weight is 447 g/mol. The number of nitrogens with zero attached hydrogens (tertiary/aromatic N) is 2. The highest BCUT2D eigenvalue weighted by atomic mass is 35.5. The Hall–Kier alpha value is -2.71. The van der Waals surface area contributed by atoms with Crippen LogP contribution in [0.5, 0.6) is 5.75 Å². The van der Waals surface area contributed by atoms with Gasteiger partial charge in [-0.2, -0.15) is 0 Å². The Morgan fingerprint density at radius 3 is 2.65 bits per heavy atom. The van der Waals surface area contributed by atoms with Crippen molar-refractivity contribution in [3.05, 3.63) is 68.0 Å². The molecule has 1 aliphatic carbocycles. The zero-order valence-corrected chi connectivity index (χ0v) is 17.8. The van der Waals surface area contributed by atoms with Crippen molar-refractivity contribution in [3.8, 4) is 5.75 Å². The number of fused-ring (bicyclic) bond motifs is 1. The lowest BCUT2D eigenvalue weighted by Crippen LogP contribution is -2.38. The normalized spacial score (nSPS) is 19.5. The molecule has 2 aliphatic rings. The lowest BCUT2D eigenvalue weighted by atomic mass is 9.85. The first kappa shape index (κ1) is 21.5. The Bertz CT molecular complexity index is 975. The zero-order valence-electron chi connectivity index (χ0n) is 17.1. The second-order valence-electron chi connectivity index (χ2n) is 7.92. The van der Waals surface area contributed by atoms with Gasteiger partial charge in [0, 0.05) is 22.3 Å². The number of pyridine rings is 1. The van der Waals surface area contributed by atoms with Gasteiger partial charge in [0.25, 0.3) is 5.09 Å². The second kappa shape index (κ2) is 9.20. The van der Waals surface area contributed by atoms with E-state index in [9.17, 15) is 14.9 Å². The predicted octanol–water partition coefficient (Wildman–Crippen LogP) is 4.73. The number of carbonyl (C=O) groups is 1. The van der Waals surface area contributed by atoms with Crippen molar-refractivity contribution in [1.82, 2.24) is 4.98 Å². The summed E-state index contributed by atoms with van der Waals surface area (Å²) in [6.07, 6.45) is 4.36. The minimum absolute atomic E-state index is 0.235. The number of halogens is 1. The third kappa shape index (κ3) is 4.65. The van der Waals surface area contributed by atoms with Gasteiger partial charge in [0.1, 0.15) is 6.10 Å². The van der Waals surface area contributed by atoms with Crippen LogP contribution in [0.15, 0.2) is 30.5 Å². The number of carbonyl (C=O) groups excluding carboxylic acids is 1. The van der Waals surface area contributed by atoms with Crippen LogP contribution in [0, 0.1) is 23.0 Å². The Labute approximate surface area is 184 Å². The maximum absolute atomic E-state index is 13.0. The van der Waals surface area contributed by atoms with Crippen LogP contribution in [0.4, 0.5) is 0 Å². The highest BCUT2D eigenvalue weighted by Gasteiger charge is 2.36. The van der Waals surface area contributed by atoms with E-state index in [4.69, 9.17) is 25.9 Å². The van der Waals surface area contributed by atoms with E-state index in [0.29, 0.717) is 29.1 Å². The standard InChI is InChI=1S/C22H23ClN2O6/c1-13-19(30-22(26)21(31-25(27)28)14-5-3-2-4-6-14)18-12-29-20(17(18)11-24-13)15-7-9-16(23)10-8-15/h7-11,14,20-21H,2-6,12H2,1H3/t20-,21-/m0/s1. The molecule has 0 bridgehead atoms. The summed E-state index contributed by atoms with van der Waals surface area (Å²) in [7, 11) is 0. The van der Waals surface area contributed by atoms with Crippen molar-refractivity contribution in [2.24, 2.45) is 5.92 Å². The van der Waals surface area contributed by atoms with Gasteiger partial charge in [-0.25, -0.2) is 4.79 Å². The lowest BCUT2D eigenvalue weighted by Gasteiger charge is -2.27. The third-order valence-electron chi connectivity index (χ3n) is 5.91. The van der Waals surface area contributed by atoms with E-state index in [2.05, 4.69) is 4.98 Å². The molecule has 2 atom stereocenters. The van der Waals surface area contributed by atoms with Gasteiger partial charge in [0.15, 0.2) is 5.75 Å². The highest BCUT2D eigenvalue weighted by Crippen LogP contribution is 2.41. The number of rotatable bonds is 6. The average Bonchev–Trinajstić information content (AvgIpc) is 3.19. The molecule has 1 saturated carbocycles. The Balaban J connectivity index is 1.60. The first-order chi connectivity index (χ1) is 14.9. The van der Waals surface area contributed by atoms with E-state index in [1.54, 1.807) is 25.3 Å². The summed E-state index contributed by atoms with van der Waals surface area (Å²) >= 11 is 5.98. The second-order valence-corrected chi connectivity index (χ2v) is 8.35. The minimum atomic E-state index is -1.25. The molecule has 0 N–H and O–H groups in total. The Morgan fingerprint density at radius 2 is 1.97 bits per heavy atom. The van der Waals surface area contributed by atoms with Crippen LogP contribution in [-0.4, -0.2) is 22.1 Å². The number of ether oxygens (including phenoxy) is 2. The van der Waals surface area contributed by atoms with Gasteiger partial charge >= 0.3 is 5.97 Å². The molecule has 1 aliphatic heterocycles. The van der Waals surface area contributed by atoms with Crippen LogP contribution in [0.1, 0.15) is 60.6 Å². The van der Waals surface area contributed by atoms with E-state index >= 15 is 0 Å². The van der Waals surface area contributed by atoms with Gasteiger partial charge in [0.05, 0.1) is 12.3 Å². The topological polar surface area (TPSA) is 101 Å². The molecule has 164 valence electrons. The summed E-state index contributed by atoms with van der Waals surface area (Å²) in [5.74, 6) is -0.724. The van der Waals surface area contributed by atoms with E-state index in [0.717, 1.165) is 30.4 Å². The first-order valence-corrected chi connectivity index (χ1v) is 10.7. The fourth-order valence-corrected chi connectivity index (χ4v) is 4.47. The molecule has 2 aromatic rings. The van der Waals surface area contributed by atoms with Crippen molar-refractivity contribution in [1.29, 1.82) is 0 Å². The van der Waals surface area contributed by atoms with Crippen molar-refractivity contribution < 1.29 is 24.2 Å². The number of hydrogen-bond acceptors (Lipinski definition) is 7. The molecule has 4 rings (SSSR count). The quantitative estimate of drug-likeness (QED) is 0.359. The van der Waals surface area contributed by atoms with Gasteiger partial charge in [0.2, 0.25) is 6.10 Å². The van der Waals surface area contributed by atoms with Crippen LogP contribution in [-0.2, 0) is 21.0 Å². The molecule has 1 fully saturated rings. The number of aromatic nitrogens is 1. The summed E-state index contributed by atoms with van der Waals surface area (Å²) in [5.41, 5.74) is 2.92. The summed E-state index contributed by atoms with van der Waals surface area (Å²) in [6, 6.07) is 7.31. The van der Waals surface area contributed by atoms with Crippen LogP contribution in [0.3, 0.4) is 0 Å². The summed E-state index contributed by atoms with van der Waals surface area (Å²) in [6.45, 7) is 1.96. The molecular weight excluding hydrogens is 424 g/mol. The van der Waals surface area contributed by atoms with Gasteiger partial charge in [-0.05, 0) is 43.4 Å². The number of benzene rings is 1. The van der Waals surface area contributed by atoms with Crippen molar-refractivity contribution >= 4 is 17.6 Å². The van der Waals surface area contributed by atoms with E-state index in [-0.39, 0.29) is 24.4 Å². The molecule has 31 heavy (non-hydrogen) atoms. The first-order valence-electron chi connectivity index (χ1n) is 10.3. The highest BCUT2D eigenvalue weighted by molar-refractivity contribution is 6.30. The van der Waals surface area contributed by atoms with Gasteiger partial charge in [-0.1, -0.05) is 43.0 Å². The predicted molar refractivity (Wildman–Crippen MR) is 111 cm³/mol. The van der Waals surface area contributed by atoms with Crippen LogP contribution >= 0.6 is 11.6 Å². The van der Waals surface area contributed by atoms with Gasteiger partial charge in [-0.3, -0.25) is 9.82 Å².